The predicted molar refractivity (Wildman–Crippen MR) is 441 cm³/mol. The summed E-state index contributed by atoms with van der Waals surface area (Å²) in [7, 11) is -9.10. The Morgan fingerprint density at radius 3 is 1.73 bits per heavy atom. The van der Waals surface area contributed by atoms with E-state index in [2.05, 4.69) is 240 Å². The van der Waals surface area contributed by atoms with E-state index in [9.17, 15) is 4.79 Å². The number of esters is 1. The molecule has 3 aromatic rings. The van der Waals surface area contributed by atoms with E-state index < -0.39 is 94.2 Å². The number of carbonyl (C=O) groups is 2. The normalized spacial score (nSPS) is 21.5. The van der Waals surface area contributed by atoms with Crippen LogP contribution in [0, 0.1) is 10.8 Å². The van der Waals surface area contributed by atoms with Gasteiger partial charge < -0.3 is 55.9 Å². The number of carbonyl (C=O) groups excluding carboxylic acids is 2. The average molecular weight is 1530 g/mol. The van der Waals surface area contributed by atoms with Gasteiger partial charge in [0, 0.05) is 79.4 Å². The van der Waals surface area contributed by atoms with Gasteiger partial charge in [0.2, 0.25) is 0 Å². The van der Waals surface area contributed by atoms with Crippen LogP contribution < -0.4 is 10.4 Å². The molecule has 0 amide bonds. The van der Waals surface area contributed by atoms with Gasteiger partial charge in [-0.2, -0.15) is 0 Å². The number of hydrogen-bond donors (Lipinski definition) is 0. The van der Waals surface area contributed by atoms with Gasteiger partial charge in [-0.05, 0) is 109 Å². The zero-order chi connectivity index (χ0) is 77.8. The van der Waals surface area contributed by atoms with E-state index in [0.717, 1.165) is 23.2 Å². The molecule has 0 aromatic heterocycles. The van der Waals surface area contributed by atoms with E-state index in [4.69, 9.17) is 55.9 Å². The summed E-state index contributed by atoms with van der Waals surface area (Å²) in [6.07, 6.45) is 7.06. The highest BCUT2D eigenvalue weighted by molar-refractivity contribution is 6.99. The number of benzene rings is 3. The van der Waals surface area contributed by atoms with Crippen LogP contribution in [-0.2, 0) is 72.1 Å². The third-order valence-corrected chi connectivity index (χ3v) is 39.9. The Morgan fingerprint density at radius 1 is 0.663 bits per heavy atom. The summed E-state index contributed by atoms with van der Waals surface area (Å²) in [5.74, 6) is -1.65. The second-order valence-electron chi connectivity index (χ2n) is 37.1. The molecular formula is C85H142O14Si5. The molecule has 2 heterocycles. The summed E-state index contributed by atoms with van der Waals surface area (Å²) >= 11 is 0. The molecule has 0 N–H and O–H groups in total. The Hall–Kier alpha value is -3.60. The highest BCUT2D eigenvalue weighted by Gasteiger charge is 2.59. The van der Waals surface area contributed by atoms with Crippen LogP contribution in [-0.4, -0.2) is 155 Å². The van der Waals surface area contributed by atoms with Crippen LogP contribution in [0.4, 0.5) is 0 Å². The molecule has 9 atom stereocenters. The van der Waals surface area contributed by atoms with Crippen LogP contribution >= 0.6 is 0 Å². The third kappa shape index (κ3) is 27.5. The molecule has 0 unspecified atom stereocenters. The van der Waals surface area contributed by atoms with Crippen LogP contribution in [0.2, 0.25) is 92.7 Å². The van der Waals surface area contributed by atoms with E-state index in [1.165, 1.54) is 15.9 Å². The minimum Gasteiger partial charge on any atom is -0.459 e. The van der Waals surface area contributed by atoms with Crippen molar-refractivity contribution >= 4 is 63.2 Å². The lowest BCUT2D eigenvalue weighted by Gasteiger charge is -2.56. The van der Waals surface area contributed by atoms with Gasteiger partial charge in [0.05, 0.1) is 69.0 Å². The monoisotopic (exact) mass is 1530 g/mol. The quantitative estimate of drug-likeness (QED) is 0.0174. The number of ether oxygens (including phenoxy) is 9. The molecule has 2 saturated heterocycles. The van der Waals surface area contributed by atoms with Crippen LogP contribution in [0.1, 0.15) is 160 Å². The van der Waals surface area contributed by atoms with Crippen molar-refractivity contribution in [2.24, 2.45) is 10.8 Å². The molecule has 0 saturated carbocycles. The summed E-state index contributed by atoms with van der Waals surface area (Å²) < 4.78 is 82.7. The second kappa shape index (κ2) is 39.3. The molecule has 0 bridgehead atoms. The van der Waals surface area contributed by atoms with Gasteiger partial charge in [0.25, 0.3) is 8.32 Å². The second-order valence-corrected chi connectivity index (χ2v) is 62.2. The molecule has 19 heteroatoms. The number of ketones is 1. The van der Waals surface area contributed by atoms with Crippen molar-refractivity contribution in [2.75, 3.05) is 47.1 Å². The molecule has 0 radical (unpaired) electrons. The van der Waals surface area contributed by atoms with Crippen molar-refractivity contribution < 1.29 is 65.5 Å². The zero-order valence-electron chi connectivity index (χ0n) is 69.4. The van der Waals surface area contributed by atoms with Crippen LogP contribution in [0.3, 0.4) is 0 Å². The van der Waals surface area contributed by atoms with Gasteiger partial charge in [-0.3, -0.25) is 9.59 Å². The molecule has 104 heavy (non-hydrogen) atoms. The molecule has 2 aliphatic heterocycles. The first-order chi connectivity index (χ1) is 48.2. The molecule has 0 spiro atoms. The average Bonchev–Trinajstić information content (AvgIpc) is 0.749. The lowest BCUT2D eigenvalue weighted by atomic mass is 9.70. The fourth-order valence-corrected chi connectivity index (χ4v) is 22.1. The minimum atomic E-state index is -3.01. The fraction of sp³-hybridized carbons (Fsp3) is 0.671. The van der Waals surface area contributed by atoms with Crippen molar-refractivity contribution in [1.29, 1.82) is 0 Å². The van der Waals surface area contributed by atoms with Crippen molar-refractivity contribution in [1.82, 2.24) is 0 Å². The summed E-state index contributed by atoms with van der Waals surface area (Å²) in [5, 5.41) is 1.69. The Balaban J connectivity index is 1.59. The number of hydrogen-bond acceptors (Lipinski definition) is 14. The number of methoxy groups -OCH3 is 1. The molecule has 14 nitrogen and oxygen atoms in total. The van der Waals surface area contributed by atoms with Gasteiger partial charge in [-0.25, -0.2) is 0 Å². The van der Waals surface area contributed by atoms with E-state index in [1.807, 2.05) is 45.0 Å². The van der Waals surface area contributed by atoms with Gasteiger partial charge in [-0.1, -0.05) is 242 Å². The smallest absolute Gasteiger partial charge is 0.308 e. The van der Waals surface area contributed by atoms with E-state index >= 15 is 4.79 Å². The van der Waals surface area contributed by atoms with E-state index in [0.29, 0.717) is 65.0 Å². The molecule has 2 aliphatic rings. The number of Topliss-reactive ketones (excluding diaryl/α,β-unsaturated/α-hetero) is 1. The number of allylic oxidation sites excluding steroid dienone is 1. The lowest BCUT2D eigenvalue weighted by Crippen LogP contribution is -2.66. The number of rotatable bonds is 43. The predicted octanol–water partition coefficient (Wildman–Crippen LogP) is 19.8. The van der Waals surface area contributed by atoms with Crippen molar-refractivity contribution in [3.63, 3.8) is 0 Å². The highest BCUT2D eigenvalue weighted by atomic mass is 28.4. The first-order valence-electron chi connectivity index (χ1n) is 38.6. The molecule has 2 fully saturated rings. The Kier molecular flexibility index (Phi) is 34.4. The maximum atomic E-state index is 15.6. The third-order valence-electron chi connectivity index (χ3n) is 22.3. The van der Waals surface area contributed by atoms with Crippen molar-refractivity contribution in [3.05, 3.63) is 145 Å². The maximum Gasteiger partial charge on any atom is 0.308 e. The van der Waals surface area contributed by atoms with Crippen LogP contribution in [0.15, 0.2) is 140 Å². The first kappa shape index (κ1) is 91.0. The topological polar surface area (TPSA) is 145 Å². The van der Waals surface area contributed by atoms with Crippen LogP contribution in [0.25, 0.3) is 0 Å². The van der Waals surface area contributed by atoms with Gasteiger partial charge >= 0.3 is 5.97 Å². The summed E-state index contributed by atoms with van der Waals surface area (Å²) in [5.41, 5.74) is 1.61. The van der Waals surface area contributed by atoms with Gasteiger partial charge in [-0.15, -0.1) is 13.2 Å². The minimum absolute atomic E-state index is 0.0285. The van der Waals surface area contributed by atoms with Crippen molar-refractivity contribution in [2.45, 2.75) is 309 Å². The molecule has 3 aromatic carbocycles. The Bertz CT molecular complexity index is 3120. The lowest BCUT2D eigenvalue weighted by molar-refractivity contribution is -0.363. The standard InChI is InChI=1S/C85H142O14Si5/c1-28-69-53-67(45-47-89-63-90-49-51-100(18,19)20)55-73(95-69)61-85(88-17)84(15,16)78(92-62-66-39-33-30-34-40-66)59-71(97-85)57-70(93-64-91-50-52-101(21,22)23)60-79(87)96-76(65(3)98-102(24,25)80(4,5)6)58-72(99-103(26,27)81(7,8)9)54-68(56-77(86)83(13,14)29-2)46-48-94-104(82(10,11)12,74-41-35-31-36-42-74)75-43-37-32-38-44-75/h28-46,65,69-73,76,78H,1-2,47-64H2,3-27H3/b67-45+,68-46-/t65-,69+,70-,71-,72+,73+,76-,78+,85+/m1/s1. The molecular weight excluding hydrogens is 1390 g/mol. The molecule has 0 aliphatic carbocycles. The van der Waals surface area contributed by atoms with Gasteiger partial charge in [0.15, 0.2) is 22.4 Å². The SMILES string of the molecule is C=C[C@H]1C/C(=C\COCOCC[Si](C)(C)C)C[C@@H](C[C@]2(OC)O[C@H](C[C@H](CC(=O)O[C@H](C[C@H](C/C(=C/CO[Si](c3ccccc3)(c3ccccc3)C(C)(C)C)CC(=O)C(C)(C)C=C)O[Si](C)(C)C(C)(C)C)[C@@H](C)O[Si](C)(C)C(C)(C)C)OCOCC[Si](C)(C)C)C[C@H](OCc3ccccc3)C2(C)C)O1. The van der Waals surface area contributed by atoms with Crippen LogP contribution in [0.5, 0.6) is 0 Å². The zero-order valence-corrected chi connectivity index (χ0v) is 74.4. The fourth-order valence-electron chi connectivity index (χ4n) is 13.3. The largest absolute Gasteiger partial charge is 0.459 e. The van der Waals surface area contributed by atoms with E-state index in [-0.39, 0.29) is 78.7 Å². The molecule has 586 valence electrons. The Labute approximate surface area is 636 Å². The maximum absolute atomic E-state index is 15.6. The van der Waals surface area contributed by atoms with Gasteiger partial charge in [0.1, 0.15) is 25.5 Å². The highest BCUT2D eigenvalue weighted by Crippen LogP contribution is 2.52. The van der Waals surface area contributed by atoms with E-state index in [1.54, 1.807) is 13.2 Å². The summed E-state index contributed by atoms with van der Waals surface area (Å²) in [4.78, 5) is 30.3. The first-order valence-corrected chi connectivity index (χ1v) is 53.7. The summed E-state index contributed by atoms with van der Waals surface area (Å²) in [6, 6.07) is 33.5. The van der Waals surface area contributed by atoms with Crippen molar-refractivity contribution in [3.8, 4) is 0 Å². The summed E-state index contributed by atoms with van der Waals surface area (Å²) in [6.45, 7) is 64.2. The molecule has 5 rings (SSSR count). The Morgan fingerprint density at radius 2 is 1.21 bits per heavy atom.